The van der Waals surface area contributed by atoms with Crippen molar-refractivity contribution in [2.45, 2.75) is 26.4 Å². The van der Waals surface area contributed by atoms with Crippen LogP contribution in [-0.4, -0.2) is 90.7 Å². The zero-order valence-corrected chi connectivity index (χ0v) is 41.7. The molecule has 0 atom stereocenters. The normalized spacial score (nSPS) is 10.8. The van der Waals surface area contributed by atoms with Crippen LogP contribution in [-0.2, 0) is 31.2 Å². The number of ether oxygens (including phenoxy) is 1. The summed E-state index contributed by atoms with van der Waals surface area (Å²) >= 11 is 13.8. The van der Waals surface area contributed by atoms with Gasteiger partial charge >= 0.3 is 11.9 Å². The van der Waals surface area contributed by atoms with E-state index < -0.39 is 11.9 Å². The van der Waals surface area contributed by atoms with Crippen LogP contribution < -0.4 is 0 Å². The van der Waals surface area contributed by atoms with E-state index in [1.165, 1.54) is 28.8 Å². The number of carbonyl (C=O) groups is 2. The lowest BCUT2D eigenvalue weighted by Gasteiger charge is -2.05. The molecule has 6 aromatic heterocycles. The molecule has 10 aromatic rings. The van der Waals surface area contributed by atoms with Crippen molar-refractivity contribution in [2.24, 2.45) is 5.11 Å². The van der Waals surface area contributed by atoms with E-state index in [0.717, 1.165) is 50.7 Å². The first-order valence-corrected chi connectivity index (χ1v) is 23.3. The molecule has 0 saturated heterocycles. The van der Waals surface area contributed by atoms with Crippen molar-refractivity contribution in [3.8, 4) is 0 Å². The third kappa shape index (κ3) is 12.5. The molecule has 0 spiro atoms. The lowest BCUT2D eigenvalue weighted by molar-refractivity contribution is 0.0593. The molecular formula is C45H39Br4N13O5. The molecule has 4 aromatic carbocycles. The summed E-state index contributed by atoms with van der Waals surface area (Å²) in [7, 11) is 1.32. The summed E-state index contributed by atoms with van der Waals surface area (Å²) in [4.78, 5) is 24.8. The highest BCUT2D eigenvalue weighted by Crippen LogP contribution is 2.24. The van der Waals surface area contributed by atoms with Gasteiger partial charge in [-0.3, -0.25) is 0 Å². The minimum atomic E-state index is -1.08. The molecule has 0 amide bonds. The maximum absolute atomic E-state index is 11.3. The van der Waals surface area contributed by atoms with Crippen molar-refractivity contribution in [3.63, 3.8) is 0 Å². The summed E-state index contributed by atoms with van der Waals surface area (Å²) in [5.74, 6) is -1.57. The van der Waals surface area contributed by atoms with Crippen LogP contribution in [0.3, 0.4) is 0 Å². The Bertz CT molecular complexity index is 3360. The van der Waals surface area contributed by atoms with Crippen molar-refractivity contribution in [2.75, 3.05) is 20.3 Å². The van der Waals surface area contributed by atoms with Gasteiger partial charge in [0, 0.05) is 78.3 Å². The van der Waals surface area contributed by atoms with E-state index in [1.54, 1.807) is 10.9 Å². The predicted octanol–water partition coefficient (Wildman–Crippen LogP) is 10.6. The van der Waals surface area contributed by atoms with E-state index in [9.17, 15) is 9.59 Å². The molecule has 0 aliphatic rings. The Hall–Kier alpha value is -6.55. The van der Waals surface area contributed by atoms with Crippen LogP contribution >= 0.6 is 63.7 Å². The molecule has 2 N–H and O–H groups in total. The summed E-state index contributed by atoms with van der Waals surface area (Å²) in [6.45, 7) is 2.91. The second kappa shape index (κ2) is 22.8. The molecule has 67 heavy (non-hydrogen) atoms. The van der Waals surface area contributed by atoms with Crippen LogP contribution in [0.15, 0.2) is 157 Å². The lowest BCUT2D eigenvalue weighted by atomic mass is 10.2. The molecule has 342 valence electrons. The molecule has 0 radical (unpaired) electrons. The third-order valence-corrected chi connectivity index (χ3v) is 12.0. The predicted molar refractivity (Wildman–Crippen MR) is 269 cm³/mol. The molecule has 18 nitrogen and oxygen atoms in total. The topological polar surface area (TPSA) is 214 Å². The SMILES string of the molecule is COC(=O)c1cn(Cn2ccc3ccc(Br)cc32)nn1.O=C(O)c1cn(Cn2ccc3ccc(Br)cc32)nn1.OCCn1ccc2ccc(Br)cc21.[N-]=[N+]=NCCn1ccc2ccc(Br)cc21. The summed E-state index contributed by atoms with van der Waals surface area (Å²) in [5.41, 5.74) is 12.8. The van der Waals surface area contributed by atoms with Gasteiger partial charge in [0.1, 0.15) is 13.3 Å². The molecule has 0 bridgehead atoms. The van der Waals surface area contributed by atoms with Gasteiger partial charge in [0.25, 0.3) is 0 Å². The average molecular weight is 1160 g/mol. The van der Waals surface area contributed by atoms with Crippen LogP contribution in [0.4, 0.5) is 0 Å². The van der Waals surface area contributed by atoms with Gasteiger partial charge in [0.15, 0.2) is 11.4 Å². The Labute approximate surface area is 415 Å². The molecular weight excluding hydrogens is 1120 g/mol. The number of halogens is 4. The fourth-order valence-corrected chi connectivity index (χ4v) is 8.31. The molecule has 0 aliphatic heterocycles. The van der Waals surface area contributed by atoms with Gasteiger partial charge in [0.2, 0.25) is 0 Å². The van der Waals surface area contributed by atoms with Crippen LogP contribution in [0, 0.1) is 0 Å². The number of azide groups is 1. The number of methoxy groups -OCH3 is 1. The molecule has 0 aliphatic carbocycles. The number of benzene rings is 4. The number of carbonyl (C=O) groups excluding carboxylic acids is 1. The minimum absolute atomic E-state index is 0.0577. The Morgan fingerprint density at radius 1 is 0.612 bits per heavy atom. The maximum Gasteiger partial charge on any atom is 0.360 e. The molecule has 6 heterocycles. The number of hydrogen-bond donors (Lipinski definition) is 2. The second-order valence-corrected chi connectivity index (χ2v) is 18.1. The number of hydrogen-bond acceptors (Lipinski definition) is 9. The van der Waals surface area contributed by atoms with Crippen LogP contribution in [0.2, 0.25) is 0 Å². The molecule has 0 fully saturated rings. The fraction of sp³-hybridized carbons (Fsp3) is 0.156. The van der Waals surface area contributed by atoms with Gasteiger partial charge in [-0.25, -0.2) is 19.0 Å². The Kier molecular flexibility index (Phi) is 16.4. The number of carboxylic acid groups (broad SMARTS) is 1. The van der Waals surface area contributed by atoms with E-state index in [2.05, 4.69) is 140 Å². The largest absolute Gasteiger partial charge is 0.476 e. The molecule has 10 rings (SSSR count). The number of aromatic nitrogens is 10. The standard InChI is InChI=1S/C13H11BrN4O2.C12H9BrN4O2.C10H9BrN4.C10H10BrNO/c1-20-13(19)11-7-18(16-15-11)8-17-5-4-9-2-3-10(14)6-12(9)17;13-9-2-1-8-3-4-16(11(8)5-9)7-17-6-10(12(18)19)14-15-17;11-9-2-1-8-3-5-15(10(8)7-9)6-4-13-14-12;11-9-2-1-8-3-4-12(5-6-13)10(8)7-9/h2-7H,8H2,1H3;1-6H,7H2,(H,18,19);1-3,5,7H,4,6H2;1-4,7,13H,5-6H2. The van der Waals surface area contributed by atoms with Gasteiger partial charge in [-0.15, -0.1) is 10.2 Å². The lowest BCUT2D eigenvalue weighted by Crippen LogP contribution is -2.07. The first-order valence-electron chi connectivity index (χ1n) is 20.1. The van der Waals surface area contributed by atoms with E-state index in [0.29, 0.717) is 33.0 Å². The summed E-state index contributed by atoms with van der Waals surface area (Å²) < 4.78 is 19.9. The number of carboxylic acids is 1. The molecule has 0 unspecified atom stereocenters. The van der Waals surface area contributed by atoms with E-state index in [-0.39, 0.29) is 18.0 Å². The van der Waals surface area contributed by atoms with E-state index in [1.807, 2.05) is 99.2 Å². The van der Waals surface area contributed by atoms with Gasteiger partial charge in [-0.1, -0.05) is 104 Å². The van der Waals surface area contributed by atoms with Gasteiger partial charge in [0.05, 0.1) is 37.1 Å². The van der Waals surface area contributed by atoms with Crippen molar-refractivity contribution in [1.29, 1.82) is 0 Å². The summed E-state index contributed by atoms with van der Waals surface area (Å²) in [6, 6.07) is 32.5. The number of rotatable bonds is 11. The highest BCUT2D eigenvalue weighted by Gasteiger charge is 2.12. The number of aromatic carboxylic acids is 1. The van der Waals surface area contributed by atoms with E-state index >= 15 is 0 Å². The van der Waals surface area contributed by atoms with Gasteiger partial charge in [-0.2, -0.15) is 0 Å². The number of aliphatic hydroxyl groups is 1. The Morgan fingerprint density at radius 2 is 1.00 bits per heavy atom. The smallest absolute Gasteiger partial charge is 0.360 e. The number of esters is 1. The quantitative estimate of drug-likeness (QED) is 0.0545. The first-order chi connectivity index (χ1) is 32.4. The number of nitrogens with zero attached hydrogens (tertiary/aromatic N) is 13. The van der Waals surface area contributed by atoms with Crippen molar-refractivity contribution < 1.29 is 24.5 Å². The highest BCUT2D eigenvalue weighted by molar-refractivity contribution is 9.11. The maximum atomic E-state index is 11.3. The number of aliphatic hydroxyl groups excluding tert-OH is 1. The van der Waals surface area contributed by atoms with Crippen LogP contribution in [0.25, 0.3) is 54.1 Å². The zero-order valence-electron chi connectivity index (χ0n) is 35.4. The first kappa shape index (κ1) is 48.4. The number of fused-ring (bicyclic) bond motifs is 4. The fourth-order valence-electron chi connectivity index (χ4n) is 6.91. The summed E-state index contributed by atoms with van der Waals surface area (Å²) in [5, 5.41) is 40.9. The van der Waals surface area contributed by atoms with Crippen molar-refractivity contribution in [3.05, 3.63) is 174 Å². The molecule has 22 heteroatoms. The summed E-state index contributed by atoms with van der Waals surface area (Å²) in [6.07, 6.45) is 10.9. The Morgan fingerprint density at radius 3 is 1.39 bits per heavy atom. The van der Waals surface area contributed by atoms with Gasteiger partial charge < -0.3 is 33.2 Å². The average Bonchev–Trinajstić information content (AvgIpc) is 4.20. The van der Waals surface area contributed by atoms with Crippen LogP contribution in [0.5, 0.6) is 0 Å². The molecule has 0 saturated carbocycles. The minimum Gasteiger partial charge on any atom is -0.476 e. The van der Waals surface area contributed by atoms with E-state index in [4.69, 9.17) is 15.7 Å². The highest BCUT2D eigenvalue weighted by atomic mass is 79.9. The van der Waals surface area contributed by atoms with Crippen LogP contribution in [0.1, 0.15) is 21.0 Å². The monoisotopic (exact) mass is 1160 g/mol. The zero-order chi connectivity index (χ0) is 47.5. The Balaban J connectivity index is 0.000000134. The van der Waals surface area contributed by atoms with Crippen molar-refractivity contribution >= 4 is 119 Å². The van der Waals surface area contributed by atoms with Crippen molar-refractivity contribution in [1.82, 2.24) is 48.3 Å². The third-order valence-electron chi connectivity index (χ3n) is 10.1. The van der Waals surface area contributed by atoms with Gasteiger partial charge in [-0.05, 0) is 99.9 Å². The second-order valence-electron chi connectivity index (χ2n) is 14.4.